The summed E-state index contributed by atoms with van der Waals surface area (Å²) in [6.45, 7) is 0.582. The molecule has 1 aliphatic rings. The summed E-state index contributed by atoms with van der Waals surface area (Å²) in [6, 6.07) is 1.71. The summed E-state index contributed by atoms with van der Waals surface area (Å²) in [5, 5.41) is 28.5. The van der Waals surface area contributed by atoms with E-state index in [-0.39, 0.29) is 12.1 Å². The third-order valence-corrected chi connectivity index (χ3v) is 5.29. The number of aliphatic hydroxyl groups excluding tert-OH is 1. The largest absolute Gasteiger partial charge is 0.393 e. The highest BCUT2D eigenvalue weighted by molar-refractivity contribution is 7.19. The van der Waals surface area contributed by atoms with Gasteiger partial charge in [-0.05, 0) is 36.6 Å². The molecule has 0 radical (unpaired) electrons. The minimum absolute atomic E-state index is 0.222. The SMILES string of the molecule is O=C(NCC1CCCC(O)C1)Nc1nnc(-c2ccsc2)s1. The summed E-state index contributed by atoms with van der Waals surface area (Å²) in [5.41, 5.74) is 1.02. The van der Waals surface area contributed by atoms with Crippen LogP contribution in [0.4, 0.5) is 9.93 Å². The Kier molecular flexibility index (Phi) is 5.01. The van der Waals surface area contributed by atoms with Crippen molar-refractivity contribution in [1.82, 2.24) is 15.5 Å². The third-order valence-electron chi connectivity index (χ3n) is 3.72. The fourth-order valence-electron chi connectivity index (χ4n) is 2.60. The van der Waals surface area contributed by atoms with E-state index in [9.17, 15) is 9.90 Å². The number of carbonyl (C=O) groups is 1. The first-order valence-corrected chi connectivity index (χ1v) is 9.05. The molecular formula is C14H18N4O2S2. The van der Waals surface area contributed by atoms with Crippen LogP contribution in [0.25, 0.3) is 10.6 Å². The van der Waals surface area contributed by atoms with E-state index in [1.807, 2.05) is 16.8 Å². The van der Waals surface area contributed by atoms with Gasteiger partial charge in [0.05, 0.1) is 6.10 Å². The molecule has 2 atom stereocenters. The number of amides is 2. The Morgan fingerprint density at radius 3 is 3.09 bits per heavy atom. The number of nitrogens with one attached hydrogen (secondary N) is 2. The Morgan fingerprint density at radius 2 is 2.32 bits per heavy atom. The van der Waals surface area contributed by atoms with Crippen molar-refractivity contribution in [2.45, 2.75) is 31.8 Å². The van der Waals surface area contributed by atoms with Crippen molar-refractivity contribution in [2.75, 3.05) is 11.9 Å². The zero-order valence-corrected chi connectivity index (χ0v) is 13.6. The summed E-state index contributed by atoms with van der Waals surface area (Å²) in [4.78, 5) is 11.9. The predicted octanol–water partition coefficient (Wildman–Crippen LogP) is 2.94. The lowest BCUT2D eigenvalue weighted by molar-refractivity contribution is 0.101. The first-order valence-electron chi connectivity index (χ1n) is 7.29. The Balaban J connectivity index is 1.47. The summed E-state index contributed by atoms with van der Waals surface area (Å²) in [5.74, 6) is 0.352. The zero-order valence-electron chi connectivity index (χ0n) is 12.0. The maximum Gasteiger partial charge on any atom is 0.321 e. The average Bonchev–Trinajstić information content (AvgIpc) is 3.16. The van der Waals surface area contributed by atoms with Gasteiger partial charge in [-0.25, -0.2) is 4.79 Å². The number of aliphatic hydroxyl groups is 1. The van der Waals surface area contributed by atoms with E-state index >= 15 is 0 Å². The summed E-state index contributed by atoms with van der Waals surface area (Å²) < 4.78 is 0. The van der Waals surface area contributed by atoms with Gasteiger partial charge in [-0.1, -0.05) is 17.8 Å². The second-order valence-corrected chi connectivity index (χ2v) is 7.20. The molecule has 2 aromatic heterocycles. The van der Waals surface area contributed by atoms with Gasteiger partial charge in [-0.15, -0.1) is 10.2 Å². The van der Waals surface area contributed by atoms with Gasteiger partial charge >= 0.3 is 6.03 Å². The molecule has 0 aliphatic heterocycles. The van der Waals surface area contributed by atoms with Gasteiger partial charge in [-0.3, -0.25) is 5.32 Å². The molecule has 0 aromatic carbocycles. The van der Waals surface area contributed by atoms with Crippen LogP contribution in [0.3, 0.4) is 0 Å². The molecule has 1 saturated carbocycles. The molecule has 2 unspecified atom stereocenters. The number of urea groups is 1. The van der Waals surface area contributed by atoms with E-state index < -0.39 is 0 Å². The molecule has 0 saturated heterocycles. The molecule has 1 aliphatic carbocycles. The van der Waals surface area contributed by atoms with E-state index in [2.05, 4.69) is 20.8 Å². The van der Waals surface area contributed by atoms with E-state index in [4.69, 9.17) is 0 Å². The first-order chi connectivity index (χ1) is 10.7. The maximum absolute atomic E-state index is 11.9. The zero-order chi connectivity index (χ0) is 15.4. The highest BCUT2D eigenvalue weighted by Gasteiger charge is 2.20. The number of rotatable bonds is 4. The van der Waals surface area contributed by atoms with Crippen LogP contribution in [0.15, 0.2) is 16.8 Å². The lowest BCUT2D eigenvalue weighted by Crippen LogP contribution is -2.35. The monoisotopic (exact) mass is 338 g/mol. The molecule has 2 heterocycles. The molecule has 2 amide bonds. The Morgan fingerprint density at radius 1 is 1.41 bits per heavy atom. The second kappa shape index (κ2) is 7.17. The van der Waals surface area contributed by atoms with Crippen LogP contribution in [-0.4, -0.2) is 34.0 Å². The highest BCUT2D eigenvalue weighted by atomic mass is 32.1. The molecule has 118 valence electrons. The van der Waals surface area contributed by atoms with Crippen LogP contribution >= 0.6 is 22.7 Å². The van der Waals surface area contributed by atoms with Gasteiger partial charge in [0, 0.05) is 17.5 Å². The van der Waals surface area contributed by atoms with Crippen LogP contribution in [-0.2, 0) is 0 Å². The minimum atomic E-state index is -0.270. The fourth-order valence-corrected chi connectivity index (χ4v) is 4.05. The van der Waals surface area contributed by atoms with E-state index in [0.29, 0.717) is 17.6 Å². The van der Waals surface area contributed by atoms with Gasteiger partial charge in [-0.2, -0.15) is 11.3 Å². The van der Waals surface area contributed by atoms with Crippen molar-refractivity contribution in [2.24, 2.45) is 5.92 Å². The maximum atomic E-state index is 11.9. The van der Waals surface area contributed by atoms with Crippen molar-refractivity contribution in [1.29, 1.82) is 0 Å². The molecule has 2 aromatic rings. The van der Waals surface area contributed by atoms with Crippen LogP contribution in [0.2, 0.25) is 0 Å². The van der Waals surface area contributed by atoms with E-state index in [0.717, 1.165) is 36.3 Å². The number of hydrogen-bond acceptors (Lipinski definition) is 6. The molecule has 6 nitrogen and oxygen atoms in total. The molecule has 1 fully saturated rings. The molecule has 3 rings (SSSR count). The molecule has 22 heavy (non-hydrogen) atoms. The van der Waals surface area contributed by atoms with Gasteiger partial charge in [0.1, 0.15) is 5.01 Å². The number of carbonyl (C=O) groups excluding carboxylic acids is 1. The topological polar surface area (TPSA) is 87.1 Å². The van der Waals surface area contributed by atoms with Gasteiger partial charge < -0.3 is 10.4 Å². The van der Waals surface area contributed by atoms with Crippen molar-refractivity contribution in [3.63, 3.8) is 0 Å². The van der Waals surface area contributed by atoms with Gasteiger partial charge in [0.25, 0.3) is 0 Å². The summed E-state index contributed by atoms with van der Waals surface area (Å²) in [7, 11) is 0. The van der Waals surface area contributed by atoms with Crippen LogP contribution in [0, 0.1) is 5.92 Å². The Hall–Kier alpha value is -1.51. The smallest absolute Gasteiger partial charge is 0.321 e. The Bertz CT molecular complexity index is 614. The Labute approximate surface area is 136 Å². The van der Waals surface area contributed by atoms with Crippen molar-refractivity contribution < 1.29 is 9.90 Å². The van der Waals surface area contributed by atoms with Crippen molar-refractivity contribution >= 4 is 33.8 Å². The number of thiophene rings is 1. The minimum Gasteiger partial charge on any atom is -0.393 e. The molecule has 0 bridgehead atoms. The fraction of sp³-hybridized carbons (Fsp3) is 0.500. The molecular weight excluding hydrogens is 320 g/mol. The van der Waals surface area contributed by atoms with Crippen LogP contribution in [0.1, 0.15) is 25.7 Å². The highest BCUT2D eigenvalue weighted by Crippen LogP contribution is 2.28. The lowest BCUT2D eigenvalue weighted by atomic mass is 9.87. The predicted molar refractivity (Wildman–Crippen MR) is 88.2 cm³/mol. The standard InChI is InChI=1S/C14H18N4O2S2/c19-11-3-1-2-9(6-11)7-15-13(20)16-14-18-17-12(22-14)10-4-5-21-8-10/h4-5,8-9,11,19H,1-3,6-7H2,(H2,15,16,18,20). The normalized spacial score (nSPS) is 21.5. The van der Waals surface area contributed by atoms with Gasteiger partial charge in [0.15, 0.2) is 0 Å². The van der Waals surface area contributed by atoms with Crippen LogP contribution in [0.5, 0.6) is 0 Å². The number of aromatic nitrogens is 2. The first kappa shape index (κ1) is 15.4. The van der Waals surface area contributed by atoms with Crippen molar-refractivity contribution in [3.8, 4) is 10.6 Å². The molecule has 3 N–H and O–H groups in total. The molecule has 8 heteroatoms. The number of nitrogens with zero attached hydrogens (tertiary/aromatic N) is 2. The summed E-state index contributed by atoms with van der Waals surface area (Å²) >= 11 is 2.95. The number of anilines is 1. The summed E-state index contributed by atoms with van der Waals surface area (Å²) in [6.07, 6.45) is 3.49. The van der Waals surface area contributed by atoms with Gasteiger partial charge in [0.2, 0.25) is 5.13 Å². The quantitative estimate of drug-likeness (QED) is 0.800. The molecule has 0 spiro atoms. The van der Waals surface area contributed by atoms with Crippen molar-refractivity contribution in [3.05, 3.63) is 16.8 Å². The lowest BCUT2D eigenvalue weighted by Gasteiger charge is -2.25. The third kappa shape index (κ3) is 4.02. The average molecular weight is 338 g/mol. The van der Waals surface area contributed by atoms with E-state index in [1.54, 1.807) is 11.3 Å². The number of hydrogen-bond donors (Lipinski definition) is 3. The second-order valence-electron chi connectivity index (χ2n) is 5.45. The van der Waals surface area contributed by atoms with E-state index in [1.165, 1.54) is 11.3 Å². The van der Waals surface area contributed by atoms with Crippen LogP contribution < -0.4 is 10.6 Å².